The Morgan fingerprint density at radius 1 is 1.32 bits per heavy atom. The molecule has 0 radical (unpaired) electrons. The summed E-state index contributed by atoms with van der Waals surface area (Å²) < 4.78 is 20.8. The lowest BCUT2D eigenvalue weighted by atomic mass is 9.73. The van der Waals surface area contributed by atoms with Gasteiger partial charge in [-0.05, 0) is 43.9 Å². The highest BCUT2D eigenvalue weighted by molar-refractivity contribution is 5.88. The fraction of sp³-hybridized carbons (Fsp3) is 0.474. The minimum Gasteiger partial charge on any atom is -0.381 e. The Balaban J connectivity index is 1.63. The quantitative estimate of drug-likeness (QED) is 0.819. The number of aryl methyl sites for hydroxylation is 2. The molecule has 1 aromatic heterocycles. The molecule has 5 nitrogen and oxygen atoms in total. The molecule has 0 unspecified atom stereocenters. The maximum Gasteiger partial charge on any atom is 0.230 e. The SMILES string of the molecule is Cc1nccn1CCCNC(=O)C1(c2ccc(F)cc2)CCOCC1. The number of amides is 1. The number of carbonyl (C=O) groups is 1. The molecule has 0 atom stereocenters. The third-order valence-electron chi connectivity index (χ3n) is 4.96. The van der Waals surface area contributed by atoms with Crippen LogP contribution in [0.5, 0.6) is 0 Å². The highest BCUT2D eigenvalue weighted by Crippen LogP contribution is 2.35. The monoisotopic (exact) mass is 345 g/mol. The molecule has 0 bridgehead atoms. The van der Waals surface area contributed by atoms with E-state index in [2.05, 4.69) is 14.9 Å². The van der Waals surface area contributed by atoms with Crippen LogP contribution >= 0.6 is 0 Å². The van der Waals surface area contributed by atoms with Crippen molar-refractivity contribution in [3.8, 4) is 0 Å². The van der Waals surface area contributed by atoms with Crippen molar-refractivity contribution in [1.29, 1.82) is 0 Å². The van der Waals surface area contributed by atoms with E-state index < -0.39 is 5.41 Å². The van der Waals surface area contributed by atoms with E-state index in [1.54, 1.807) is 18.3 Å². The van der Waals surface area contributed by atoms with Crippen molar-refractivity contribution in [2.24, 2.45) is 0 Å². The zero-order chi connectivity index (χ0) is 17.7. The van der Waals surface area contributed by atoms with E-state index in [-0.39, 0.29) is 11.7 Å². The normalized spacial score (nSPS) is 16.6. The Labute approximate surface area is 147 Å². The lowest BCUT2D eigenvalue weighted by molar-refractivity contribution is -0.130. The van der Waals surface area contributed by atoms with Crippen LogP contribution in [-0.4, -0.2) is 35.2 Å². The number of aromatic nitrogens is 2. The van der Waals surface area contributed by atoms with Gasteiger partial charge in [0.2, 0.25) is 5.91 Å². The van der Waals surface area contributed by atoms with Gasteiger partial charge in [-0.2, -0.15) is 0 Å². The van der Waals surface area contributed by atoms with Gasteiger partial charge in [-0.1, -0.05) is 12.1 Å². The summed E-state index contributed by atoms with van der Waals surface area (Å²) in [5.41, 5.74) is 0.233. The Hall–Kier alpha value is -2.21. The molecule has 25 heavy (non-hydrogen) atoms. The second kappa shape index (κ2) is 7.78. The molecule has 3 rings (SSSR count). The van der Waals surface area contributed by atoms with Crippen LogP contribution in [0.15, 0.2) is 36.7 Å². The molecule has 1 amide bonds. The van der Waals surface area contributed by atoms with Crippen LogP contribution in [0.1, 0.15) is 30.7 Å². The van der Waals surface area contributed by atoms with Gasteiger partial charge in [0.15, 0.2) is 0 Å². The fourth-order valence-corrected chi connectivity index (χ4v) is 3.40. The number of carbonyl (C=O) groups excluding carboxylic acids is 1. The van der Waals surface area contributed by atoms with Crippen molar-refractivity contribution in [3.63, 3.8) is 0 Å². The summed E-state index contributed by atoms with van der Waals surface area (Å²) in [4.78, 5) is 17.1. The van der Waals surface area contributed by atoms with Crippen molar-refractivity contribution in [2.75, 3.05) is 19.8 Å². The molecule has 1 aliphatic heterocycles. The molecular weight excluding hydrogens is 321 g/mol. The van der Waals surface area contributed by atoms with Crippen molar-refractivity contribution in [3.05, 3.63) is 53.9 Å². The van der Waals surface area contributed by atoms with Crippen LogP contribution < -0.4 is 5.32 Å². The maximum atomic E-state index is 13.3. The van der Waals surface area contributed by atoms with Gasteiger partial charge in [-0.25, -0.2) is 9.37 Å². The molecule has 1 aromatic carbocycles. The van der Waals surface area contributed by atoms with E-state index in [0.29, 0.717) is 32.6 Å². The van der Waals surface area contributed by atoms with Gasteiger partial charge in [0, 0.05) is 38.7 Å². The molecule has 2 aromatic rings. The van der Waals surface area contributed by atoms with Gasteiger partial charge < -0.3 is 14.6 Å². The lowest BCUT2D eigenvalue weighted by Gasteiger charge is -2.36. The first kappa shape index (κ1) is 17.6. The highest BCUT2D eigenvalue weighted by Gasteiger charge is 2.41. The molecule has 0 spiro atoms. The molecule has 0 aliphatic carbocycles. The van der Waals surface area contributed by atoms with Crippen LogP contribution in [0.3, 0.4) is 0 Å². The van der Waals surface area contributed by atoms with E-state index in [4.69, 9.17) is 4.74 Å². The molecule has 1 aliphatic rings. The van der Waals surface area contributed by atoms with Crippen molar-refractivity contribution in [1.82, 2.24) is 14.9 Å². The second-order valence-electron chi connectivity index (χ2n) is 6.48. The van der Waals surface area contributed by atoms with Crippen LogP contribution in [0.2, 0.25) is 0 Å². The van der Waals surface area contributed by atoms with Gasteiger partial charge in [-0.15, -0.1) is 0 Å². The number of nitrogens with zero attached hydrogens (tertiary/aromatic N) is 2. The van der Waals surface area contributed by atoms with Gasteiger partial charge in [0.25, 0.3) is 0 Å². The zero-order valence-electron chi connectivity index (χ0n) is 14.5. The third-order valence-corrected chi connectivity index (χ3v) is 4.96. The summed E-state index contributed by atoms with van der Waals surface area (Å²) in [6.45, 7) is 4.46. The zero-order valence-corrected chi connectivity index (χ0v) is 14.5. The Morgan fingerprint density at radius 3 is 2.68 bits per heavy atom. The first-order valence-corrected chi connectivity index (χ1v) is 8.72. The van der Waals surface area contributed by atoms with Crippen LogP contribution in [0.4, 0.5) is 4.39 Å². The predicted octanol–water partition coefficient (Wildman–Crippen LogP) is 2.59. The van der Waals surface area contributed by atoms with Crippen molar-refractivity contribution < 1.29 is 13.9 Å². The van der Waals surface area contributed by atoms with Crippen LogP contribution in [0.25, 0.3) is 0 Å². The number of benzene rings is 1. The molecule has 1 N–H and O–H groups in total. The number of hydrogen-bond donors (Lipinski definition) is 1. The number of halogens is 1. The lowest BCUT2D eigenvalue weighted by Crippen LogP contribution is -2.48. The van der Waals surface area contributed by atoms with Crippen molar-refractivity contribution >= 4 is 5.91 Å². The molecule has 2 heterocycles. The number of imidazole rings is 1. The van der Waals surface area contributed by atoms with Gasteiger partial charge in [0.1, 0.15) is 11.6 Å². The Kier molecular flexibility index (Phi) is 5.48. The molecule has 1 fully saturated rings. The molecule has 134 valence electrons. The van der Waals surface area contributed by atoms with Gasteiger partial charge in [0.05, 0.1) is 5.41 Å². The minimum absolute atomic E-state index is 0.00441. The van der Waals surface area contributed by atoms with Gasteiger partial charge in [-0.3, -0.25) is 4.79 Å². The number of nitrogens with one attached hydrogen (secondary N) is 1. The van der Waals surface area contributed by atoms with Gasteiger partial charge >= 0.3 is 0 Å². The summed E-state index contributed by atoms with van der Waals surface area (Å²) in [7, 11) is 0. The average Bonchev–Trinajstić information content (AvgIpc) is 3.04. The summed E-state index contributed by atoms with van der Waals surface area (Å²) in [6, 6.07) is 6.27. The number of rotatable bonds is 6. The maximum absolute atomic E-state index is 13.3. The topological polar surface area (TPSA) is 56.2 Å². The Bertz CT molecular complexity index is 706. The number of ether oxygens (including phenoxy) is 1. The summed E-state index contributed by atoms with van der Waals surface area (Å²) >= 11 is 0. The van der Waals surface area contributed by atoms with Crippen molar-refractivity contribution in [2.45, 2.75) is 38.1 Å². The third kappa shape index (κ3) is 3.90. The molecule has 0 saturated carbocycles. The second-order valence-corrected chi connectivity index (χ2v) is 6.48. The number of hydrogen-bond acceptors (Lipinski definition) is 3. The summed E-state index contributed by atoms with van der Waals surface area (Å²) in [5, 5.41) is 3.07. The molecular formula is C19H24FN3O2. The Morgan fingerprint density at radius 2 is 2.04 bits per heavy atom. The van der Waals surface area contributed by atoms with E-state index in [1.165, 1.54) is 12.1 Å². The highest BCUT2D eigenvalue weighted by atomic mass is 19.1. The molecule has 1 saturated heterocycles. The summed E-state index contributed by atoms with van der Waals surface area (Å²) in [5.74, 6) is 0.686. The smallest absolute Gasteiger partial charge is 0.230 e. The average molecular weight is 345 g/mol. The standard InChI is InChI=1S/C19H24FN3O2/c1-15-21-10-12-23(15)11-2-9-22-18(24)19(7-13-25-14-8-19)16-3-5-17(20)6-4-16/h3-6,10,12H,2,7-9,11,13-14H2,1H3,(H,22,24). The van der Waals surface area contributed by atoms with E-state index in [9.17, 15) is 9.18 Å². The fourth-order valence-electron chi connectivity index (χ4n) is 3.40. The van der Waals surface area contributed by atoms with E-state index in [1.807, 2.05) is 13.1 Å². The largest absolute Gasteiger partial charge is 0.381 e. The summed E-state index contributed by atoms with van der Waals surface area (Å²) in [6.07, 6.45) is 5.78. The van der Waals surface area contributed by atoms with E-state index in [0.717, 1.165) is 24.4 Å². The van der Waals surface area contributed by atoms with E-state index >= 15 is 0 Å². The first-order valence-electron chi connectivity index (χ1n) is 8.72. The van der Waals surface area contributed by atoms with Crippen LogP contribution in [-0.2, 0) is 21.5 Å². The van der Waals surface area contributed by atoms with Crippen LogP contribution in [0, 0.1) is 12.7 Å². The first-order chi connectivity index (χ1) is 12.1. The predicted molar refractivity (Wildman–Crippen MR) is 92.7 cm³/mol. The molecule has 6 heteroatoms. The minimum atomic E-state index is -0.628.